The van der Waals surface area contributed by atoms with E-state index in [1.165, 1.54) is 10.9 Å². The third-order valence-electron chi connectivity index (χ3n) is 6.21. The Balaban J connectivity index is 1.45. The molecule has 0 unspecified atom stereocenters. The van der Waals surface area contributed by atoms with Crippen LogP contribution in [0, 0.1) is 0 Å². The fraction of sp³-hybridized carbons (Fsp3) is 0.207. The van der Waals surface area contributed by atoms with Crippen LogP contribution in [0.3, 0.4) is 0 Å². The van der Waals surface area contributed by atoms with Crippen molar-refractivity contribution in [3.05, 3.63) is 99.9 Å². The van der Waals surface area contributed by atoms with Gasteiger partial charge in [0, 0.05) is 29.4 Å². The highest BCUT2D eigenvalue weighted by atomic mass is 35.5. The predicted octanol–water partition coefficient (Wildman–Crippen LogP) is 5.34. The number of benzene rings is 3. The van der Waals surface area contributed by atoms with Gasteiger partial charge in [-0.3, -0.25) is 9.59 Å². The molecule has 4 aromatic rings. The Kier molecular flexibility index (Phi) is 8.10. The lowest BCUT2D eigenvalue weighted by Crippen LogP contribution is -2.31. The van der Waals surface area contributed by atoms with Crippen LogP contribution in [0.5, 0.6) is 17.2 Å². The molecule has 1 fully saturated rings. The van der Waals surface area contributed by atoms with Gasteiger partial charge in [-0.1, -0.05) is 17.7 Å². The zero-order valence-electron chi connectivity index (χ0n) is 21.2. The number of carbonyl (C=O) groups excluding carboxylic acids is 1. The van der Waals surface area contributed by atoms with Crippen LogP contribution in [0.2, 0.25) is 5.02 Å². The maximum Gasteiger partial charge on any atom is 0.299 e. The number of anilines is 2. The molecule has 0 radical (unpaired) electrons. The summed E-state index contributed by atoms with van der Waals surface area (Å²) in [6.45, 7) is 1.17. The van der Waals surface area contributed by atoms with E-state index in [0.29, 0.717) is 40.0 Å². The topological polar surface area (TPSA) is 104 Å². The summed E-state index contributed by atoms with van der Waals surface area (Å²) in [5, 5.41) is 10.9. The van der Waals surface area contributed by atoms with E-state index in [4.69, 9.17) is 25.8 Å². The smallest absolute Gasteiger partial charge is 0.299 e. The maximum absolute atomic E-state index is 13.7. The van der Waals surface area contributed by atoms with Crippen LogP contribution in [0.1, 0.15) is 23.2 Å². The molecule has 200 valence electrons. The number of carbonyl (C=O) groups is 1. The molecule has 0 spiro atoms. The Morgan fingerprint density at radius 3 is 2.59 bits per heavy atom. The standard InChI is InChI=1S/C29H27ClN4O5/c1-37-23-13-9-22(10-14-23)34-29(36)27(26(18-32-34)39-24-11-7-20(30)8-12-24)33-21-5-2-4-19(16-21)28(35)31-17-25-6-3-15-38-25/h2,4-5,7-14,16,18,25,33H,3,6,15,17H2,1H3,(H,31,35)/t25-/m0/s1. The second-order valence-electron chi connectivity index (χ2n) is 8.91. The summed E-state index contributed by atoms with van der Waals surface area (Å²) in [7, 11) is 1.57. The first kappa shape index (κ1) is 26.3. The molecule has 1 atom stereocenters. The molecule has 1 aliphatic heterocycles. The third kappa shape index (κ3) is 6.39. The van der Waals surface area contributed by atoms with Crippen LogP contribution in [0.4, 0.5) is 11.4 Å². The highest BCUT2D eigenvalue weighted by Gasteiger charge is 2.18. The van der Waals surface area contributed by atoms with Crippen molar-refractivity contribution in [2.24, 2.45) is 0 Å². The van der Waals surface area contributed by atoms with Gasteiger partial charge in [0.2, 0.25) is 0 Å². The molecular weight excluding hydrogens is 520 g/mol. The lowest BCUT2D eigenvalue weighted by atomic mass is 10.1. The molecule has 3 aromatic carbocycles. The van der Waals surface area contributed by atoms with Crippen molar-refractivity contribution in [1.29, 1.82) is 0 Å². The molecule has 1 saturated heterocycles. The van der Waals surface area contributed by atoms with E-state index < -0.39 is 5.56 Å². The molecule has 1 aliphatic rings. The van der Waals surface area contributed by atoms with Gasteiger partial charge in [0.25, 0.3) is 11.5 Å². The molecule has 1 aromatic heterocycles. The fourth-order valence-corrected chi connectivity index (χ4v) is 4.29. The summed E-state index contributed by atoms with van der Waals surface area (Å²) in [5.74, 6) is 1.12. The molecule has 1 amide bonds. The first-order valence-electron chi connectivity index (χ1n) is 12.5. The Hall–Kier alpha value is -4.34. The van der Waals surface area contributed by atoms with E-state index in [9.17, 15) is 9.59 Å². The fourth-order valence-electron chi connectivity index (χ4n) is 4.16. The zero-order chi connectivity index (χ0) is 27.2. The molecule has 39 heavy (non-hydrogen) atoms. The van der Waals surface area contributed by atoms with Gasteiger partial charge >= 0.3 is 0 Å². The van der Waals surface area contributed by atoms with Crippen molar-refractivity contribution in [3.8, 4) is 22.9 Å². The van der Waals surface area contributed by atoms with Crippen molar-refractivity contribution in [2.75, 3.05) is 25.6 Å². The quantitative estimate of drug-likeness (QED) is 0.292. The molecule has 0 saturated carbocycles. The van der Waals surface area contributed by atoms with Crippen LogP contribution >= 0.6 is 11.6 Å². The number of amides is 1. The number of rotatable bonds is 9. The first-order chi connectivity index (χ1) is 19.0. The van der Waals surface area contributed by atoms with E-state index in [1.807, 2.05) is 0 Å². The van der Waals surface area contributed by atoms with Crippen LogP contribution < -0.4 is 25.7 Å². The lowest BCUT2D eigenvalue weighted by molar-refractivity contribution is 0.0858. The summed E-state index contributed by atoms with van der Waals surface area (Å²) >= 11 is 6.01. The summed E-state index contributed by atoms with van der Waals surface area (Å²) < 4.78 is 18.1. The van der Waals surface area contributed by atoms with Crippen molar-refractivity contribution in [2.45, 2.75) is 18.9 Å². The highest BCUT2D eigenvalue weighted by molar-refractivity contribution is 6.30. The van der Waals surface area contributed by atoms with Gasteiger partial charge in [-0.15, -0.1) is 0 Å². The minimum atomic E-state index is -0.445. The number of nitrogens with zero attached hydrogens (tertiary/aromatic N) is 2. The third-order valence-corrected chi connectivity index (χ3v) is 6.46. The van der Waals surface area contributed by atoms with Crippen molar-refractivity contribution in [1.82, 2.24) is 15.1 Å². The molecule has 9 nitrogen and oxygen atoms in total. The number of hydrogen-bond acceptors (Lipinski definition) is 7. The Morgan fingerprint density at radius 2 is 1.87 bits per heavy atom. The SMILES string of the molecule is COc1ccc(-n2ncc(Oc3ccc(Cl)cc3)c(Nc3cccc(C(=O)NC[C@@H]4CCCO4)c3)c2=O)cc1. The largest absolute Gasteiger partial charge is 0.497 e. The monoisotopic (exact) mass is 546 g/mol. The van der Waals surface area contributed by atoms with Gasteiger partial charge in [0.15, 0.2) is 11.4 Å². The van der Waals surface area contributed by atoms with Crippen molar-refractivity contribution >= 4 is 28.9 Å². The van der Waals surface area contributed by atoms with Crippen LogP contribution in [0.15, 0.2) is 83.8 Å². The minimum Gasteiger partial charge on any atom is -0.497 e. The number of hydrogen-bond donors (Lipinski definition) is 2. The molecule has 2 heterocycles. The van der Waals surface area contributed by atoms with Gasteiger partial charge < -0.3 is 24.8 Å². The van der Waals surface area contributed by atoms with E-state index in [2.05, 4.69) is 15.7 Å². The Morgan fingerprint density at radius 1 is 1.10 bits per heavy atom. The lowest BCUT2D eigenvalue weighted by Gasteiger charge is -2.15. The Bertz CT molecular complexity index is 1500. The molecule has 5 rings (SSSR count). The first-order valence-corrected chi connectivity index (χ1v) is 12.8. The van der Waals surface area contributed by atoms with E-state index >= 15 is 0 Å². The Labute approximate surface area is 230 Å². The zero-order valence-corrected chi connectivity index (χ0v) is 22.0. The number of aromatic nitrogens is 2. The summed E-state index contributed by atoms with van der Waals surface area (Å²) in [5.41, 5.74) is 1.23. The van der Waals surface area contributed by atoms with E-state index in [1.54, 1.807) is 79.9 Å². The highest BCUT2D eigenvalue weighted by Crippen LogP contribution is 2.30. The number of nitrogens with one attached hydrogen (secondary N) is 2. The second-order valence-corrected chi connectivity index (χ2v) is 9.34. The number of methoxy groups -OCH3 is 1. The number of ether oxygens (including phenoxy) is 3. The van der Waals surface area contributed by atoms with Crippen LogP contribution in [0.25, 0.3) is 5.69 Å². The van der Waals surface area contributed by atoms with Crippen LogP contribution in [-0.4, -0.2) is 42.1 Å². The predicted molar refractivity (Wildman–Crippen MR) is 149 cm³/mol. The summed E-state index contributed by atoms with van der Waals surface area (Å²) in [6.07, 6.45) is 3.43. The summed E-state index contributed by atoms with van der Waals surface area (Å²) in [6, 6.07) is 20.6. The van der Waals surface area contributed by atoms with Gasteiger partial charge in [-0.2, -0.15) is 9.78 Å². The average molecular weight is 547 g/mol. The van der Waals surface area contributed by atoms with Gasteiger partial charge in [0.1, 0.15) is 11.5 Å². The maximum atomic E-state index is 13.7. The number of halogens is 1. The molecular formula is C29H27ClN4O5. The minimum absolute atomic E-state index is 0.0380. The van der Waals surface area contributed by atoms with Gasteiger partial charge in [0.05, 0.1) is 25.1 Å². The molecule has 0 aliphatic carbocycles. The van der Waals surface area contributed by atoms with E-state index in [-0.39, 0.29) is 23.4 Å². The molecule has 0 bridgehead atoms. The van der Waals surface area contributed by atoms with E-state index in [0.717, 1.165) is 19.4 Å². The molecule has 2 N–H and O–H groups in total. The van der Waals surface area contributed by atoms with Crippen molar-refractivity contribution < 1.29 is 19.0 Å². The van der Waals surface area contributed by atoms with Crippen molar-refractivity contribution in [3.63, 3.8) is 0 Å². The van der Waals surface area contributed by atoms with Gasteiger partial charge in [-0.05, 0) is 79.6 Å². The molecule has 10 heteroatoms. The van der Waals surface area contributed by atoms with Crippen LogP contribution in [-0.2, 0) is 4.74 Å². The average Bonchev–Trinajstić information content (AvgIpc) is 3.49. The second kappa shape index (κ2) is 12.0. The van der Waals surface area contributed by atoms with Gasteiger partial charge in [-0.25, -0.2) is 0 Å². The summed E-state index contributed by atoms with van der Waals surface area (Å²) in [4.78, 5) is 26.5. The normalized spacial score (nSPS) is 14.6.